The third kappa shape index (κ3) is 57.9. The molecule has 0 amide bonds. The lowest BCUT2D eigenvalue weighted by Crippen LogP contribution is -2.30. The lowest BCUT2D eigenvalue weighted by atomic mass is 9.99. The minimum atomic E-state index is -0.765. The normalized spacial score (nSPS) is 12.9. The van der Waals surface area contributed by atoms with E-state index in [1.54, 1.807) is 0 Å². The second-order valence-electron chi connectivity index (χ2n) is 24.1. The molecule has 0 spiro atoms. The Morgan fingerprint density at radius 2 is 0.479 bits per heavy atom. The van der Waals surface area contributed by atoms with Crippen LogP contribution in [0.15, 0.2) is 0 Å². The van der Waals surface area contributed by atoms with Crippen LogP contribution >= 0.6 is 0 Å². The Bertz CT molecular complexity index is 1140. The maximum atomic E-state index is 12.9. The Morgan fingerprint density at radius 3 is 0.712 bits per heavy atom. The smallest absolute Gasteiger partial charge is 0.306 e. The van der Waals surface area contributed by atoms with Crippen molar-refractivity contribution < 1.29 is 28.6 Å². The summed E-state index contributed by atoms with van der Waals surface area (Å²) in [7, 11) is 0. The van der Waals surface area contributed by atoms with Crippen molar-refractivity contribution in [1.29, 1.82) is 0 Å². The zero-order valence-electron chi connectivity index (χ0n) is 50.4. The average Bonchev–Trinajstić information content (AvgIpc) is 3.38. The Morgan fingerprint density at radius 1 is 0.274 bits per heavy atom. The Labute approximate surface area is 457 Å². The second kappa shape index (κ2) is 58.1. The first-order chi connectivity index (χ1) is 35.7. The predicted octanol–water partition coefficient (Wildman–Crippen LogP) is 22.2. The van der Waals surface area contributed by atoms with Crippen LogP contribution in [0.25, 0.3) is 0 Å². The number of esters is 3. The minimum Gasteiger partial charge on any atom is -0.462 e. The van der Waals surface area contributed by atoms with Crippen LogP contribution in [0.2, 0.25) is 0 Å². The zero-order chi connectivity index (χ0) is 53.3. The fraction of sp³-hybridized carbons (Fsp3) is 0.955. The predicted molar refractivity (Wildman–Crippen MR) is 316 cm³/mol. The van der Waals surface area contributed by atoms with Crippen molar-refractivity contribution >= 4 is 17.9 Å². The van der Waals surface area contributed by atoms with Crippen molar-refractivity contribution in [3.8, 4) is 0 Å². The van der Waals surface area contributed by atoms with Crippen LogP contribution in [-0.4, -0.2) is 37.2 Å². The van der Waals surface area contributed by atoms with Crippen LogP contribution in [0.4, 0.5) is 0 Å². The SMILES string of the molecule is CCC(C)CCCCCCCCCCCCCCCCC(=O)OC[C@H](COC(=O)CCCCCCCCCCCCCCCCCCC(C)C)OC(=O)CCCCCCCCCCCCCCCCC(C)CC. The number of rotatable bonds is 60. The van der Waals surface area contributed by atoms with Gasteiger partial charge < -0.3 is 14.2 Å². The molecule has 0 fully saturated rings. The van der Waals surface area contributed by atoms with Gasteiger partial charge in [0.15, 0.2) is 6.10 Å². The van der Waals surface area contributed by atoms with E-state index < -0.39 is 6.10 Å². The third-order valence-electron chi connectivity index (χ3n) is 16.1. The van der Waals surface area contributed by atoms with E-state index in [1.165, 1.54) is 257 Å². The number of hydrogen-bond donors (Lipinski definition) is 0. The molecule has 0 aromatic heterocycles. The van der Waals surface area contributed by atoms with Gasteiger partial charge in [-0.05, 0) is 37.0 Å². The van der Waals surface area contributed by atoms with Gasteiger partial charge >= 0.3 is 17.9 Å². The first kappa shape index (κ1) is 71.4. The summed E-state index contributed by atoms with van der Waals surface area (Å²) in [6, 6.07) is 0. The van der Waals surface area contributed by atoms with Crippen molar-refractivity contribution in [1.82, 2.24) is 0 Å². The van der Waals surface area contributed by atoms with Crippen LogP contribution in [0.1, 0.15) is 375 Å². The first-order valence-electron chi connectivity index (χ1n) is 33.2. The second-order valence-corrected chi connectivity index (χ2v) is 24.1. The molecule has 0 aliphatic rings. The fourth-order valence-electron chi connectivity index (χ4n) is 10.3. The lowest BCUT2D eigenvalue weighted by Gasteiger charge is -2.18. The van der Waals surface area contributed by atoms with Gasteiger partial charge in [0.2, 0.25) is 0 Å². The molecule has 0 aliphatic heterocycles. The first-order valence-corrected chi connectivity index (χ1v) is 33.2. The van der Waals surface area contributed by atoms with E-state index in [9.17, 15) is 14.4 Å². The highest BCUT2D eigenvalue weighted by Gasteiger charge is 2.20. The molecule has 0 rings (SSSR count). The molecule has 0 aromatic rings. The van der Waals surface area contributed by atoms with Gasteiger partial charge in [0.1, 0.15) is 13.2 Å². The van der Waals surface area contributed by atoms with Gasteiger partial charge in [-0.2, -0.15) is 0 Å². The van der Waals surface area contributed by atoms with Crippen LogP contribution in [0, 0.1) is 17.8 Å². The van der Waals surface area contributed by atoms with Crippen LogP contribution in [0.3, 0.4) is 0 Å². The van der Waals surface area contributed by atoms with Gasteiger partial charge in [0.25, 0.3) is 0 Å². The Kier molecular flexibility index (Phi) is 56.8. The van der Waals surface area contributed by atoms with Gasteiger partial charge in [-0.25, -0.2) is 0 Å². The van der Waals surface area contributed by atoms with Gasteiger partial charge in [-0.3, -0.25) is 14.4 Å². The highest BCUT2D eigenvalue weighted by Crippen LogP contribution is 2.20. The molecular formula is C67H130O6. The average molecular weight is 1030 g/mol. The number of carbonyl (C=O) groups is 3. The molecule has 6 nitrogen and oxygen atoms in total. The van der Waals surface area contributed by atoms with E-state index in [-0.39, 0.29) is 31.1 Å². The standard InChI is InChI=1S/C67H130O6/c1-7-62(5)54-48-42-36-30-24-18-13-15-21-27-33-39-45-51-57-66(69)72-60-64(73-67(70)58-52-46-40-34-28-22-16-14-19-25-31-37-43-49-55-63(6)8-2)59-71-65(68)56-50-44-38-32-26-20-12-10-9-11-17-23-29-35-41-47-53-61(3)4/h61-64H,7-60H2,1-6H3/t62?,63?,64-/m0/s1. The van der Waals surface area contributed by atoms with E-state index in [4.69, 9.17) is 14.2 Å². The maximum absolute atomic E-state index is 12.9. The summed E-state index contributed by atoms with van der Waals surface area (Å²) in [5, 5.41) is 0. The molecule has 0 N–H and O–H groups in total. The minimum absolute atomic E-state index is 0.0623. The summed E-state index contributed by atoms with van der Waals surface area (Å²) in [5.74, 6) is 1.81. The molecule has 0 saturated heterocycles. The van der Waals surface area contributed by atoms with Gasteiger partial charge in [-0.15, -0.1) is 0 Å². The molecule has 0 aliphatic carbocycles. The van der Waals surface area contributed by atoms with Crippen molar-refractivity contribution in [2.75, 3.05) is 13.2 Å². The van der Waals surface area contributed by atoms with Crippen molar-refractivity contribution in [3.05, 3.63) is 0 Å². The summed E-state index contributed by atoms with van der Waals surface area (Å²) in [6.07, 6.45) is 63.8. The molecule has 434 valence electrons. The molecule has 73 heavy (non-hydrogen) atoms. The fourth-order valence-corrected chi connectivity index (χ4v) is 10.3. The van der Waals surface area contributed by atoms with E-state index >= 15 is 0 Å². The third-order valence-corrected chi connectivity index (χ3v) is 16.1. The molecule has 0 saturated carbocycles. The number of unbranched alkanes of at least 4 members (excludes halogenated alkanes) is 41. The van der Waals surface area contributed by atoms with E-state index in [1.807, 2.05) is 0 Å². The summed E-state index contributed by atoms with van der Waals surface area (Å²) in [5.41, 5.74) is 0. The van der Waals surface area contributed by atoms with Crippen LogP contribution in [-0.2, 0) is 28.6 Å². The highest BCUT2D eigenvalue weighted by atomic mass is 16.6. The maximum Gasteiger partial charge on any atom is 0.306 e. The van der Waals surface area contributed by atoms with Gasteiger partial charge in [-0.1, -0.05) is 337 Å². The molecule has 0 bridgehead atoms. The zero-order valence-corrected chi connectivity index (χ0v) is 50.4. The lowest BCUT2D eigenvalue weighted by molar-refractivity contribution is -0.167. The molecular weight excluding hydrogens is 901 g/mol. The molecule has 0 heterocycles. The monoisotopic (exact) mass is 1030 g/mol. The topological polar surface area (TPSA) is 78.9 Å². The molecule has 3 atom stereocenters. The molecule has 6 heteroatoms. The number of carbonyl (C=O) groups excluding carboxylic acids is 3. The molecule has 2 unspecified atom stereocenters. The van der Waals surface area contributed by atoms with Gasteiger partial charge in [0.05, 0.1) is 0 Å². The number of ether oxygens (including phenoxy) is 3. The summed E-state index contributed by atoms with van der Waals surface area (Å²) in [6.45, 7) is 13.9. The van der Waals surface area contributed by atoms with Crippen LogP contribution < -0.4 is 0 Å². The Balaban J connectivity index is 4.30. The summed E-state index contributed by atoms with van der Waals surface area (Å²) >= 11 is 0. The Hall–Kier alpha value is -1.59. The largest absolute Gasteiger partial charge is 0.462 e. The van der Waals surface area contributed by atoms with Crippen molar-refractivity contribution in [2.45, 2.75) is 382 Å². The van der Waals surface area contributed by atoms with E-state index in [0.717, 1.165) is 75.5 Å². The van der Waals surface area contributed by atoms with Crippen molar-refractivity contribution in [2.24, 2.45) is 17.8 Å². The summed E-state index contributed by atoms with van der Waals surface area (Å²) < 4.78 is 17.0. The highest BCUT2D eigenvalue weighted by molar-refractivity contribution is 5.71. The van der Waals surface area contributed by atoms with Gasteiger partial charge in [0, 0.05) is 19.3 Å². The summed E-state index contributed by atoms with van der Waals surface area (Å²) in [4.78, 5) is 38.4. The van der Waals surface area contributed by atoms with E-state index in [0.29, 0.717) is 19.3 Å². The van der Waals surface area contributed by atoms with Crippen molar-refractivity contribution in [3.63, 3.8) is 0 Å². The quantitative estimate of drug-likeness (QED) is 0.0343. The van der Waals surface area contributed by atoms with E-state index in [2.05, 4.69) is 41.5 Å². The molecule has 0 radical (unpaired) electrons. The number of hydrogen-bond acceptors (Lipinski definition) is 6. The molecule has 0 aromatic carbocycles. The van der Waals surface area contributed by atoms with Crippen LogP contribution in [0.5, 0.6) is 0 Å².